The number of piperidine rings is 1. The Morgan fingerprint density at radius 2 is 2.32 bits per heavy atom. The number of ether oxygens (including phenoxy) is 1. The zero-order chi connectivity index (χ0) is 13.8. The van der Waals surface area contributed by atoms with Gasteiger partial charge in [0.15, 0.2) is 11.5 Å². The van der Waals surface area contributed by atoms with Crippen LogP contribution in [0.15, 0.2) is 12.1 Å². The lowest BCUT2D eigenvalue weighted by Gasteiger charge is -2.36. The summed E-state index contributed by atoms with van der Waals surface area (Å²) >= 11 is 0. The summed E-state index contributed by atoms with van der Waals surface area (Å²) < 4.78 is 4.60. The lowest BCUT2D eigenvalue weighted by atomic mass is 9.91. The summed E-state index contributed by atoms with van der Waals surface area (Å²) in [6, 6.07) is 3.72. The summed E-state index contributed by atoms with van der Waals surface area (Å²) in [7, 11) is 1.33. The number of carbonyl (C=O) groups excluding carboxylic acids is 1. The van der Waals surface area contributed by atoms with Crippen molar-refractivity contribution in [1.82, 2.24) is 10.2 Å². The number of carbonyl (C=O) groups is 1. The van der Waals surface area contributed by atoms with E-state index >= 15 is 0 Å². The summed E-state index contributed by atoms with van der Waals surface area (Å²) in [5, 5.41) is 8.00. The van der Waals surface area contributed by atoms with Gasteiger partial charge in [0.25, 0.3) is 0 Å². The molecule has 1 saturated heterocycles. The third-order valence-corrected chi connectivity index (χ3v) is 3.69. The second-order valence-corrected chi connectivity index (χ2v) is 4.84. The molecule has 104 valence electrons. The van der Waals surface area contributed by atoms with Gasteiger partial charge in [0.2, 0.25) is 0 Å². The zero-order valence-corrected chi connectivity index (χ0v) is 11.4. The number of nitrogens with two attached hydrogens (primary N) is 1. The van der Waals surface area contributed by atoms with Crippen LogP contribution in [-0.4, -0.2) is 42.4 Å². The van der Waals surface area contributed by atoms with Crippen LogP contribution < -0.4 is 10.6 Å². The minimum Gasteiger partial charge on any atom is -0.464 e. The molecule has 2 rings (SSSR count). The predicted octanol–water partition coefficient (Wildman–Crippen LogP) is 0.827. The molecule has 6 heteroatoms. The molecule has 0 spiro atoms. The number of nitrogens with zero attached hydrogens (tertiary/aromatic N) is 3. The molecule has 1 aliphatic heterocycles. The lowest BCUT2D eigenvalue weighted by molar-refractivity contribution is 0.0592. The Labute approximate surface area is 112 Å². The first-order chi connectivity index (χ1) is 9.15. The molecule has 0 aromatic carbocycles. The highest BCUT2D eigenvalue weighted by molar-refractivity contribution is 5.86. The smallest absolute Gasteiger partial charge is 0.358 e. The maximum Gasteiger partial charge on any atom is 0.358 e. The predicted molar refractivity (Wildman–Crippen MR) is 72.0 cm³/mol. The molecule has 0 saturated carbocycles. The molecule has 0 radical (unpaired) electrons. The highest BCUT2D eigenvalue weighted by Gasteiger charge is 2.26. The van der Waals surface area contributed by atoms with Crippen LogP contribution in [-0.2, 0) is 4.74 Å². The van der Waals surface area contributed by atoms with Gasteiger partial charge in [0.1, 0.15) is 0 Å². The Kier molecular flexibility index (Phi) is 4.31. The van der Waals surface area contributed by atoms with Crippen molar-refractivity contribution >= 4 is 11.8 Å². The number of hydrogen-bond acceptors (Lipinski definition) is 6. The van der Waals surface area contributed by atoms with E-state index in [2.05, 4.69) is 26.8 Å². The number of esters is 1. The van der Waals surface area contributed by atoms with Gasteiger partial charge in [-0.05, 0) is 24.5 Å². The third-order valence-electron chi connectivity index (χ3n) is 3.69. The minimum atomic E-state index is -0.467. The summed E-state index contributed by atoms with van der Waals surface area (Å²) in [4.78, 5) is 13.5. The Morgan fingerprint density at radius 1 is 1.53 bits per heavy atom. The molecule has 19 heavy (non-hydrogen) atoms. The highest BCUT2D eigenvalue weighted by atomic mass is 16.5. The Bertz CT molecular complexity index is 435. The van der Waals surface area contributed by atoms with Crippen LogP contribution in [0.1, 0.15) is 30.3 Å². The second-order valence-electron chi connectivity index (χ2n) is 4.84. The summed E-state index contributed by atoms with van der Waals surface area (Å²) in [6.45, 7) is 3.92. The number of aromatic nitrogens is 2. The molecule has 2 N–H and O–H groups in total. The van der Waals surface area contributed by atoms with Crippen molar-refractivity contribution in [2.45, 2.75) is 25.8 Å². The first-order valence-electron chi connectivity index (χ1n) is 6.58. The summed E-state index contributed by atoms with van der Waals surface area (Å²) in [5.41, 5.74) is 6.32. The molecule has 1 fully saturated rings. The Morgan fingerprint density at radius 3 is 2.89 bits per heavy atom. The first-order valence-corrected chi connectivity index (χ1v) is 6.58. The van der Waals surface area contributed by atoms with Gasteiger partial charge < -0.3 is 15.4 Å². The van der Waals surface area contributed by atoms with Gasteiger partial charge in [-0.2, -0.15) is 0 Å². The fourth-order valence-electron chi connectivity index (χ4n) is 2.40. The fraction of sp³-hybridized carbons (Fsp3) is 0.615. The van der Waals surface area contributed by atoms with Gasteiger partial charge in [-0.15, -0.1) is 10.2 Å². The largest absolute Gasteiger partial charge is 0.464 e. The number of methoxy groups -OCH3 is 1. The van der Waals surface area contributed by atoms with Gasteiger partial charge in [0.05, 0.1) is 7.11 Å². The maximum atomic E-state index is 11.3. The van der Waals surface area contributed by atoms with E-state index in [0.717, 1.165) is 31.7 Å². The molecule has 1 aromatic heterocycles. The van der Waals surface area contributed by atoms with Gasteiger partial charge in [-0.3, -0.25) is 0 Å². The van der Waals surface area contributed by atoms with Crippen LogP contribution in [0.5, 0.6) is 0 Å². The molecule has 0 amide bonds. The van der Waals surface area contributed by atoms with Crippen molar-refractivity contribution in [1.29, 1.82) is 0 Å². The van der Waals surface area contributed by atoms with Crippen molar-refractivity contribution < 1.29 is 9.53 Å². The lowest BCUT2D eigenvalue weighted by Crippen LogP contribution is -2.47. The molecule has 0 aliphatic carbocycles. The van der Waals surface area contributed by atoms with E-state index in [0.29, 0.717) is 5.92 Å². The van der Waals surface area contributed by atoms with Crippen molar-refractivity contribution in [3.63, 3.8) is 0 Å². The van der Waals surface area contributed by atoms with Crippen LogP contribution in [0.2, 0.25) is 0 Å². The normalized spacial score (nSPS) is 23.2. The van der Waals surface area contributed by atoms with Crippen LogP contribution >= 0.6 is 0 Å². The van der Waals surface area contributed by atoms with Gasteiger partial charge in [0, 0.05) is 19.1 Å². The molecule has 0 bridgehead atoms. The van der Waals surface area contributed by atoms with E-state index < -0.39 is 5.97 Å². The summed E-state index contributed by atoms with van der Waals surface area (Å²) in [5.74, 6) is 0.806. The molecule has 2 heterocycles. The maximum absolute atomic E-state index is 11.3. The van der Waals surface area contributed by atoms with Crippen molar-refractivity contribution in [3.05, 3.63) is 17.8 Å². The standard InChI is InChI=1S/C13H20N4O2/c1-3-9-8-17(7-6-10(9)14)12-5-4-11(15-16-12)13(18)19-2/h4-5,9-10H,3,6-8,14H2,1-2H3. The van der Waals surface area contributed by atoms with Crippen LogP contribution in [0.4, 0.5) is 5.82 Å². The monoisotopic (exact) mass is 264 g/mol. The van der Waals surface area contributed by atoms with E-state index in [-0.39, 0.29) is 11.7 Å². The Hall–Kier alpha value is -1.69. The van der Waals surface area contributed by atoms with Gasteiger partial charge >= 0.3 is 5.97 Å². The molecule has 2 unspecified atom stereocenters. The SMILES string of the molecule is CCC1CN(c2ccc(C(=O)OC)nn2)CCC1N. The first kappa shape index (κ1) is 13.7. The quantitative estimate of drug-likeness (QED) is 0.814. The molecule has 6 nitrogen and oxygen atoms in total. The van der Waals surface area contributed by atoms with Gasteiger partial charge in [-0.25, -0.2) is 4.79 Å². The molecule has 2 atom stereocenters. The van der Waals surface area contributed by atoms with Gasteiger partial charge in [-0.1, -0.05) is 13.3 Å². The van der Waals surface area contributed by atoms with E-state index in [1.807, 2.05) is 6.07 Å². The highest BCUT2D eigenvalue weighted by Crippen LogP contribution is 2.22. The molecule has 1 aliphatic rings. The van der Waals surface area contributed by atoms with Crippen LogP contribution in [0.25, 0.3) is 0 Å². The van der Waals surface area contributed by atoms with Crippen LogP contribution in [0, 0.1) is 5.92 Å². The van der Waals surface area contributed by atoms with E-state index in [9.17, 15) is 4.79 Å². The number of rotatable bonds is 3. The average molecular weight is 264 g/mol. The number of anilines is 1. The molecular weight excluding hydrogens is 244 g/mol. The zero-order valence-electron chi connectivity index (χ0n) is 11.4. The molecule has 1 aromatic rings. The minimum absolute atomic E-state index is 0.229. The Balaban J connectivity index is 2.08. The number of hydrogen-bond donors (Lipinski definition) is 1. The van der Waals surface area contributed by atoms with Crippen LogP contribution in [0.3, 0.4) is 0 Å². The van der Waals surface area contributed by atoms with Crippen molar-refractivity contribution in [3.8, 4) is 0 Å². The second kappa shape index (κ2) is 5.97. The molecular formula is C13H20N4O2. The van der Waals surface area contributed by atoms with Crippen molar-refractivity contribution in [2.75, 3.05) is 25.1 Å². The van der Waals surface area contributed by atoms with Crippen molar-refractivity contribution in [2.24, 2.45) is 11.7 Å². The van der Waals surface area contributed by atoms with E-state index in [1.54, 1.807) is 6.07 Å². The average Bonchev–Trinajstić information content (AvgIpc) is 2.47. The topological polar surface area (TPSA) is 81.3 Å². The summed E-state index contributed by atoms with van der Waals surface area (Å²) in [6.07, 6.45) is 2.02. The van der Waals surface area contributed by atoms with E-state index in [1.165, 1.54) is 7.11 Å². The fourth-order valence-corrected chi connectivity index (χ4v) is 2.40. The third kappa shape index (κ3) is 3.01. The van der Waals surface area contributed by atoms with E-state index in [4.69, 9.17) is 5.73 Å².